The van der Waals surface area contributed by atoms with Gasteiger partial charge >= 0.3 is 0 Å². The second-order valence-corrected chi connectivity index (χ2v) is 21.3. The molecule has 1 saturated heterocycles. The molecular formula is C57H70Cl2N10O3S+2. The van der Waals surface area contributed by atoms with Crippen molar-refractivity contribution in [1.82, 2.24) is 30.5 Å². The highest BCUT2D eigenvalue weighted by molar-refractivity contribution is 8.03. The number of benzene rings is 4. The number of thioether (sulfide) groups is 1. The van der Waals surface area contributed by atoms with Crippen LogP contribution in [0.3, 0.4) is 0 Å². The number of nitrogens with zero attached hydrogens (tertiary/aromatic N) is 8. The fraction of sp³-hybridized carbons (Fsp3) is 0.386. The van der Waals surface area contributed by atoms with Crippen LogP contribution in [0.2, 0.25) is 0 Å². The van der Waals surface area contributed by atoms with E-state index < -0.39 is 0 Å². The third kappa shape index (κ3) is 15.3. The number of likely N-dealkylation sites (tertiary alicyclic amines) is 1. The maximum absolute atomic E-state index is 12.9. The fourth-order valence-electron chi connectivity index (χ4n) is 9.33. The number of halogens is 2. The molecule has 0 saturated carbocycles. The Morgan fingerprint density at radius 3 is 2.33 bits per heavy atom. The number of amides is 2. The van der Waals surface area contributed by atoms with Gasteiger partial charge in [-0.1, -0.05) is 65.5 Å². The van der Waals surface area contributed by atoms with Gasteiger partial charge in [0.15, 0.2) is 12.8 Å². The van der Waals surface area contributed by atoms with E-state index in [-0.39, 0.29) is 18.4 Å². The molecule has 4 heterocycles. The Morgan fingerprint density at radius 2 is 1.58 bits per heavy atom. The number of alkyl halides is 2. The summed E-state index contributed by atoms with van der Waals surface area (Å²) in [6.45, 7) is 8.48. The van der Waals surface area contributed by atoms with Gasteiger partial charge in [-0.2, -0.15) is 0 Å². The van der Waals surface area contributed by atoms with Crippen LogP contribution in [-0.4, -0.2) is 128 Å². The molecule has 384 valence electrons. The number of carbonyl (C=O) groups excluding carboxylic acids is 2. The predicted molar refractivity (Wildman–Crippen MR) is 298 cm³/mol. The normalized spacial score (nSPS) is 14.5. The molecule has 1 fully saturated rings. The van der Waals surface area contributed by atoms with E-state index in [1.165, 1.54) is 69.1 Å². The molecule has 2 aliphatic heterocycles. The number of carbonyl (C=O) groups is 2. The Morgan fingerprint density at radius 1 is 0.863 bits per heavy atom. The largest absolute Gasteiger partial charge is 0.484 e. The highest BCUT2D eigenvalue weighted by Gasteiger charge is 2.26. The molecule has 0 bridgehead atoms. The van der Waals surface area contributed by atoms with Crippen LogP contribution < -0.4 is 29.7 Å². The molecule has 4 aromatic carbocycles. The molecule has 0 aliphatic carbocycles. The van der Waals surface area contributed by atoms with E-state index >= 15 is 0 Å². The Balaban J connectivity index is 0.807. The van der Waals surface area contributed by atoms with E-state index in [9.17, 15) is 9.59 Å². The number of nitrogens with one attached hydrogen (secondary N) is 2. The molecule has 0 unspecified atom stereocenters. The maximum Gasteiger partial charge on any atom is 0.258 e. The Kier molecular flexibility index (Phi) is 19.3. The predicted octanol–water partition coefficient (Wildman–Crippen LogP) is 8.54. The zero-order chi connectivity index (χ0) is 51.0. The first-order valence-electron chi connectivity index (χ1n) is 25.6. The maximum atomic E-state index is 12.9. The number of pyridine rings is 1. The molecule has 0 atom stereocenters. The van der Waals surface area contributed by atoms with Crippen LogP contribution in [0.25, 0.3) is 22.6 Å². The van der Waals surface area contributed by atoms with Gasteiger partial charge in [-0.15, -0.1) is 28.3 Å². The third-order valence-corrected chi connectivity index (χ3v) is 15.0. The number of rotatable bonds is 26. The lowest BCUT2D eigenvalue weighted by Gasteiger charge is -2.30. The van der Waals surface area contributed by atoms with Crippen molar-refractivity contribution in [3.63, 3.8) is 0 Å². The first kappa shape index (κ1) is 53.4. The van der Waals surface area contributed by atoms with Crippen molar-refractivity contribution in [2.75, 3.05) is 101 Å². The quantitative estimate of drug-likeness (QED) is 0.0314. The van der Waals surface area contributed by atoms with Crippen LogP contribution in [0.1, 0.15) is 48.1 Å². The standard InChI is InChI=1S/C57H68Cl2N10O3S/c1-64-33-24-46(51-11-4-5-12-52(51)64)39-47(45-18-16-44(17-19-45)41-65-30-8-9-31-65)40-57-68(53-13-6-7-14-54(53)73-57)34-25-48-42-67(63-62-48)32-10-15-55(70)60-28-37-69(2,3)38-29-61-56(71)43-72-50-22-20-49(21-23-50)66(35-26-58)36-27-59/h4-7,11-14,16-24,33,39-40,42H,8-10,15,25-32,34-38,41,43H2,1-3H3/p+2. The van der Waals surface area contributed by atoms with Crippen molar-refractivity contribution in [2.24, 2.45) is 7.05 Å². The van der Waals surface area contributed by atoms with Crippen LogP contribution >= 0.6 is 35.0 Å². The van der Waals surface area contributed by atoms with Gasteiger partial charge in [-0.05, 0) is 109 Å². The fourth-order valence-corrected chi connectivity index (χ4v) is 10.9. The van der Waals surface area contributed by atoms with Crippen LogP contribution in [0, 0.1) is 0 Å². The Labute approximate surface area is 445 Å². The highest BCUT2D eigenvalue weighted by Crippen LogP contribution is 2.47. The van der Waals surface area contributed by atoms with Crippen molar-refractivity contribution < 1.29 is 23.4 Å². The Hall–Kier alpha value is -5.90. The number of anilines is 2. The lowest BCUT2D eigenvalue weighted by Crippen LogP contribution is -2.49. The molecular weight excluding hydrogens is 976 g/mol. The zero-order valence-corrected chi connectivity index (χ0v) is 44.9. The molecule has 6 aromatic rings. The van der Waals surface area contributed by atoms with E-state index in [1.807, 2.05) is 46.9 Å². The van der Waals surface area contributed by atoms with Gasteiger partial charge < -0.3 is 29.7 Å². The summed E-state index contributed by atoms with van der Waals surface area (Å²) >= 11 is 13.7. The van der Waals surface area contributed by atoms with Crippen molar-refractivity contribution >= 4 is 80.7 Å². The molecule has 8 rings (SSSR count). The molecule has 2 aromatic heterocycles. The lowest BCUT2D eigenvalue weighted by atomic mass is 9.99. The SMILES string of the molecule is C[n+]1ccc(/C=C(/C=C2\Sc3ccccc3N2CCc2cn(CCCC(=O)NCC[N+](C)(C)CCNC(=O)COc3ccc(N(CCCl)CCCl)cc3)nn2)c2ccc(CN3CCCC3)cc2)c2ccccc21. The molecule has 73 heavy (non-hydrogen) atoms. The molecule has 2 amide bonds. The molecule has 0 spiro atoms. The van der Waals surface area contributed by atoms with Gasteiger partial charge in [0, 0.05) is 86.2 Å². The summed E-state index contributed by atoms with van der Waals surface area (Å²) < 4.78 is 10.4. The van der Waals surface area contributed by atoms with Gasteiger partial charge in [0.1, 0.15) is 12.8 Å². The van der Waals surface area contributed by atoms with Gasteiger partial charge in [-0.3, -0.25) is 19.2 Å². The van der Waals surface area contributed by atoms with E-state index in [0.717, 1.165) is 36.6 Å². The number of aryl methyl sites for hydroxylation is 2. The second-order valence-electron chi connectivity index (χ2n) is 19.4. The number of fused-ring (bicyclic) bond motifs is 2. The summed E-state index contributed by atoms with van der Waals surface area (Å²) in [5.41, 5.74) is 9.16. The Bertz CT molecular complexity index is 2820. The molecule has 2 aliphatic rings. The highest BCUT2D eigenvalue weighted by atomic mass is 35.5. The zero-order valence-electron chi connectivity index (χ0n) is 42.5. The van der Waals surface area contributed by atoms with Crippen LogP contribution in [0.5, 0.6) is 5.75 Å². The van der Waals surface area contributed by atoms with E-state index in [2.05, 4.69) is 159 Å². The summed E-state index contributed by atoms with van der Waals surface area (Å²) in [7, 11) is 6.28. The monoisotopic (exact) mass is 1040 g/mol. The van der Waals surface area contributed by atoms with Gasteiger partial charge in [-0.25, -0.2) is 4.57 Å². The van der Waals surface area contributed by atoms with Gasteiger partial charge in [0.2, 0.25) is 11.4 Å². The summed E-state index contributed by atoms with van der Waals surface area (Å²) in [4.78, 5) is 33.7. The summed E-state index contributed by atoms with van der Waals surface area (Å²) in [5, 5.41) is 17.4. The smallest absolute Gasteiger partial charge is 0.258 e. The number of allylic oxidation sites excluding steroid dienone is 2. The number of hydrogen-bond donors (Lipinski definition) is 2. The van der Waals surface area contributed by atoms with Crippen LogP contribution in [0.15, 0.2) is 132 Å². The van der Waals surface area contributed by atoms with Gasteiger partial charge in [0.25, 0.3) is 5.91 Å². The molecule has 16 heteroatoms. The molecule has 13 nitrogen and oxygen atoms in total. The average molecular weight is 1050 g/mol. The minimum absolute atomic E-state index is 0.00929. The number of hydrogen-bond acceptors (Lipinski definition) is 9. The number of likely N-dealkylation sites (N-methyl/N-ethyl adjacent to an activating group) is 1. The van der Waals surface area contributed by atoms with E-state index in [0.29, 0.717) is 80.5 Å². The third-order valence-electron chi connectivity index (χ3n) is 13.5. The lowest BCUT2D eigenvalue weighted by molar-refractivity contribution is -0.887. The summed E-state index contributed by atoms with van der Waals surface area (Å²) in [5.74, 6) is 1.46. The second kappa shape index (κ2) is 26.4. The summed E-state index contributed by atoms with van der Waals surface area (Å²) in [6, 6.07) is 36.2. The topological polar surface area (TPSA) is 112 Å². The number of ether oxygens (including phenoxy) is 1. The number of quaternary nitrogens is 1. The van der Waals surface area contributed by atoms with Crippen LogP contribution in [-0.2, 0) is 36.1 Å². The first-order valence-corrected chi connectivity index (χ1v) is 27.4. The van der Waals surface area contributed by atoms with Gasteiger partial charge in [0.05, 0.1) is 62.1 Å². The van der Waals surface area contributed by atoms with Crippen molar-refractivity contribution in [3.8, 4) is 5.75 Å². The minimum atomic E-state index is -0.184. The van der Waals surface area contributed by atoms with E-state index in [4.69, 9.17) is 27.9 Å². The van der Waals surface area contributed by atoms with Crippen molar-refractivity contribution in [3.05, 3.63) is 149 Å². The minimum Gasteiger partial charge on any atom is -0.484 e. The number of para-hydroxylation sites is 2. The van der Waals surface area contributed by atoms with Crippen molar-refractivity contribution in [1.29, 1.82) is 0 Å². The first-order chi connectivity index (χ1) is 35.5. The molecule has 0 radical (unpaired) electrons. The van der Waals surface area contributed by atoms with Crippen molar-refractivity contribution in [2.45, 2.75) is 50.1 Å². The van der Waals surface area contributed by atoms with E-state index in [1.54, 1.807) is 0 Å². The summed E-state index contributed by atoms with van der Waals surface area (Å²) in [6.07, 6.45) is 13.2. The van der Waals surface area contributed by atoms with Crippen LogP contribution in [0.4, 0.5) is 11.4 Å². The number of aromatic nitrogens is 4. The average Bonchev–Trinajstić information content (AvgIpc) is 4.17. The molecule has 2 N–H and O–H groups in total.